The highest BCUT2D eigenvalue weighted by Crippen LogP contribution is 2.48. The Balaban J connectivity index is 1.36. The summed E-state index contributed by atoms with van der Waals surface area (Å²) in [4.78, 5) is 0. The van der Waals surface area contributed by atoms with Gasteiger partial charge in [0.1, 0.15) is 5.82 Å². The van der Waals surface area contributed by atoms with Gasteiger partial charge < -0.3 is 0 Å². The summed E-state index contributed by atoms with van der Waals surface area (Å²) in [5.74, 6) is 0.764. The zero-order valence-corrected chi connectivity index (χ0v) is 18.7. The second-order valence-electron chi connectivity index (χ2n) is 9.93. The van der Waals surface area contributed by atoms with Crippen molar-refractivity contribution in [2.75, 3.05) is 0 Å². The zero-order chi connectivity index (χ0) is 21.8. The standard InChI is InChI=1S/C28H35F3/c1-2-3-4-5-6-19-7-8-21-16-22(10-9-20(21)15-19)23-11-13-25(27(30)17-23)24-12-14-26(29)28(31)18-24/h11-14,17-22H,2-10,15-16H2,1H3. The second-order valence-corrected chi connectivity index (χ2v) is 9.93. The predicted molar refractivity (Wildman–Crippen MR) is 121 cm³/mol. The molecule has 2 aromatic rings. The van der Waals surface area contributed by atoms with Gasteiger partial charge in [-0.1, -0.05) is 63.6 Å². The summed E-state index contributed by atoms with van der Waals surface area (Å²) in [5.41, 5.74) is 1.77. The van der Waals surface area contributed by atoms with Gasteiger partial charge in [-0.15, -0.1) is 0 Å². The van der Waals surface area contributed by atoms with Gasteiger partial charge in [-0.25, -0.2) is 13.2 Å². The van der Waals surface area contributed by atoms with Crippen molar-refractivity contribution >= 4 is 0 Å². The van der Waals surface area contributed by atoms with Crippen LogP contribution in [-0.2, 0) is 0 Å². The molecule has 4 rings (SSSR count). The van der Waals surface area contributed by atoms with Gasteiger partial charge in [0.05, 0.1) is 0 Å². The number of unbranched alkanes of at least 4 members (excludes halogenated alkanes) is 3. The smallest absolute Gasteiger partial charge is 0.159 e. The Hall–Kier alpha value is -1.77. The highest BCUT2D eigenvalue weighted by Gasteiger charge is 2.35. The van der Waals surface area contributed by atoms with E-state index in [1.165, 1.54) is 63.9 Å². The first-order chi connectivity index (χ1) is 15.0. The van der Waals surface area contributed by atoms with Crippen LogP contribution >= 0.6 is 0 Å². The van der Waals surface area contributed by atoms with Crippen molar-refractivity contribution in [1.29, 1.82) is 0 Å². The third-order valence-electron chi connectivity index (χ3n) is 7.88. The van der Waals surface area contributed by atoms with Crippen molar-refractivity contribution in [3.63, 3.8) is 0 Å². The fourth-order valence-corrected chi connectivity index (χ4v) is 6.09. The molecule has 168 valence electrons. The van der Waals surface area contributed by atoms with Crippen molar-refractivity contribution in [1.82, 2.24) is 0 Å². The lowest BCUT2D eigenvalue weighted by atomic mass is 9.63. The molecular formula is C28H35F3. The van der Waals surface area contributed by atoms with Crippen LogP contribution in [0.5, 0.6) is 0 Å². The Bertz CT molecular complexity index is 875. The van der Waals surface area contributed by atoms with Gasteiger partial charge in [0.15, 0.2) is 11.6 Å². The Morgan fingerprint density at radius 3 is 2.32 bits per heavy atom. The van der Waals surface area contributed by atoms with Crippen LogP contribution in [-0.4, -0.2) is 0 Å². The van der Waals surface area contributed by atoms with E-state index in [-0.39, 0.29) is 5.82 Å². The highest BCUT2D eigenvalue weighted by atomic mass is 19.2. The van der Waals surface area contributed by atoms with E-state index in [1.54, 1.807) is 12.1 Å². The molecule has 4 atom stereocenters. The maximum atomic E-state index is 14.9. The predicted octanol–water partition coefficient (Wildman–Crippen LogP) is 9.04. The van der Waals surface area contributed by atoms with Gasteiger partial charge in [-0.05, 0) is 85.1 Å². The molecule has 0 nitrogen and oxygen atoms in total. The quantitative estimate of drug-likeness (QED) is 0.386. The summed E-state index contributed by atoms with van der Waals surface area (Å²) in [6.07, 6.45) is 14.5. The van der Waals surface area contributed by atoms with Crippen molar-refractivity contribution < 1.29 is 13.2 Å². The summed E-state index contributed by atoms with van der Waals surface area (Å²) >= 11 is 0. The van der Waals surface area contributed by atoms with Crippen molar-refractivity contribution in [3.05, 3.63) is 59.4 Å². The Morgan fingerprint density at radius 1 is 0.742 bits per heavy atom. The maximum absolute atomic E-state index is 14.9. The number of fused-ring (bicyclic) bond motifs is 1. The van der Waals surface area contributed by atoms with E-state index < -0.39 is 11.6 Å². The van der Waals surface area contributed by atoms with E-state index >= 15 is 0 Å². The summed E-state index contributed by atoms with van der Waals surface area (Å²) in [5, 5.41) is 0. The van der Waals surface area contributed by atoms with Crippen LogP contribution in [0.3, 0.4) is 0 Å². The van der Waals surface area contributed by atoms with Crippen molar-refractivity contribution in [2.24, 2.45) is 17.8 Å². The highest BCUT2D eigenvalue weighted by molar-refractivity contribution is 5.64. The first-order valence-electron chi connectivity index (χ1n) is 12.3. The molecule has 0 spiro atoms. The third-order valence-corrected chi connectivity index (χ3v) is 7.88. The van der Waals surface area contributed by atoms with Crippen LogP contribution in [0.4, 0.5) is 13.2 Å². The molecule has 0 saturated heterocycles. The Kier molecular flexibility index (Phi) is 7.40. The fraction of sp³-hybridized carbons (Fsp3) is 0.571. The van der Waals surface area contributed by atoms with E-state index in [0.29, 0.717) is 17.0 Å². The van der Waals surface area contributed by atoms with Crippen LogP contribution < -0.4 is 0 Å². The summed E-state index contributed by atoms with van der Waals surface area (Å²) in [6, 6.07) is 8.91. The van der Waals surface area contributed by atoms with Gasteiger partial charge in [0, 0.05) is 5.56 Å². The summed E-state index contributed by atoms with van der Waals surface area (Å²) in [6.45, 7) is 2.27. The minimum Gasteiger partial charge on any atom is -0.206 e. The van der Waals surface area contributed by atoms with Crippen LogP contribution in [0.25, 0.3) is 11.1 Å². The molecule has 2 saturated carbocycles. The summed E-state index contributed by atoms with van der Waals surface area (Å²) in [7, 11) is 0. The number of hydrogen-bond donors (Lipinski definition) is 0. The normalized spacial score (nSPS) is 25.9. The van der Waals surface area contributed by atoms with E-state index in [2.05, 4.69) is 6.92 Å². The number of benzene rings is 2. The van der Waals surface area contributed by atoms with Gasteiger partial charge in [0.2, 0.25) is 0 Å². The first-order valence-corrected chi connectivity index (χ1v) is 12.3. The van der Waals surface area contributed by atoms with Gasteiger partial charge in [-0.3, -0.25) is 0 Å². The van der Waals surface area contributed by atoms with Crippen LogP contribution in [0.2, 0.25) is 0 Å². The minimum absolute atomic E-state index is 0.333. The lowest BCUT2D eigenvalue weighted by Gasteiger charge is -2.42. The van der Waals surface area contributed by atoms with E-state index in [4.69, 9.17) is 0 Å². The van der Waals surface area contributed by atoms with Gasteiger partial charge in [-0.2, -0.15) is 0 Å². The monoisotopic (exact) mass is 428 g/mol. The van der Waals surface area contributed by atoms with E-state index in [0.717, 1.165) is 48.3 Å². The van der Waals surface area contributed by atoms with E-state index in [9.17, 15) is 13.2 Å². The maximum Gasteiger partial charge on any atom is 0.159 e. The average molecular weight is 429 g/mol. The number of rotatable bonds is 7. The zero-order valence-electron chi connectivity index (χ0n) is 18.7. The van der Waals surface area contributed by atoms with Crippen LogP contribution in [0.15, 0.2) is 36.4 Å². The molecule has 4 unspecified atom stereocenters. The molecule has 0 aliphatic heterocycles. The Morgan fingerprint density at radius 2 is 1.55 bits per heavy atom. The van der Waals surface area contributed by atoms with Crippen molar-refractivity contribution in [3.8, 4) is 11.1 Å². The molecule has 0 aromatic heterocycles. The number of hydrogen-bond acceptors (Lipinski definition) is 0. The minimum atomic E-state index is -0.944. The molecule has 0 N–H and O–H groups in total. The molecule has 2 aliphatic rings. The molecule has 2 aromatic carbocycles. The molecule has 0 heterocycles. The lowest BCUT2D eigenvalue weighted by molar-refractivity contribution is 0.113. The molecule has 0 bridgehead atoms. The van der Waals surface area contributed by atoms with Crippen LogP contribution in [0, 0.1) is 35.2 Å². The molecule has 2 aliphatic carbocycles. The molecule has 0 amide bonds. The Labute approximate surface area is 185 Å². The average Bonchev–Trinajstić information content (AvgIpc) is 2.78. The molecule has 3 heteroatoms. The van der Waals surface area contributed by atoms with Crippen LogP contribution in [0.1, 0.15) is 89.0 Å². The third kappa shape index (κ3) is 5.35. The molecule has 31 heavy (non-hydrogen) atoms. The van der Waals surface area contributed by atoms with Gasteiger partial charge >= 0.3 is 0 Å². The summed E-state index contributed by atoms with van der Waals surface area (Å²) < 4.78 is 41.6. The van der Waals surface area contributed by atoms with Gasteiger partial charge in [0.25, 0.3) is 0 Å². The molecular weight excluding hydrogens is 393 g/mol. The fourth-order valence-electron chi connectivity index (χ4n) is 6.09. The molecule has 2 fully saturated rings. The molecule has 0 radical (unpaired) electrons. The largest absolute Gasteiger partial charge is 0.206 e. The van der Waals surface area contributed by atoms with E-state index in [1.807, 2.05) is 6.07 Å². The topological polar surface area (TPSA) is 0 Å². The van der Waals surface area contributed by atoms with Crippen molar-refractivity contribution in [2.45, 2.75) is 83.5 Å². The first kappa shape index (κ1) is 22.4. The number of halogens is 3. The lowest BCUT2D eigenvalue weighted by Crippen LogP contribution is -2.30. The second kappa shape index (κ2) is 10.2. The SMILES string of the molecule is CCCCCCC1CCC2CC(c3ccc(-c4ccc(F)c(F)c4)c(F)c3)CCC2C1.